The van der Waals surface area contributed by atoms with Gasteiger partial charge in [-0.1, -0.05) is 17.3 Å². The summed E-state index contributed by atoms with van der Waals surface area (Å²) in [7, 11) is 1.62. The summed E-state index contributed by atoms with van der Waals surface area (Å²) in [5, 5.41) is 6.99. The minimum atomic E-state index is -0.0783. The van der Waals surface area contributed by atoms with E-state index in [1.54, 1.807) is 13.3 Å². The molecule has 168 valence electrons. The first-order valence-corrected chi connectivity index (χ1v) is 10.7. The molecule has 1 aromatic carbocycles. The quantitative estimate of drug-likeness (QED) is 0.508. The highest BCUT2D eigenvalue weighted by Crippen LogP contribution is 2.34. The lowest BCUT2D eigenvalue weighted by molar-refractivity contribution is -0.114. The largest absolute Gasteiger partial charge is 0.475 e. The maximum atomic E-state index is 11.2. The molecule has 0 radical (unpaired) electrons. The standard InChI is InChI=1S/C23H27N5O4/c1-16(29)25-18-9-7-17(8-10-18)15-28-12-4-6-20(28)23-26-21(27-32-23)19-5-3-11-24-22(19)31-14-13-30-2/h3,5,7-11,20H,4,6,12-15H2,1-2H3,(H,25,29)/t20-/m0/s1. The zero-order valence-corrected chi connectivity index (χ0v) is 18.3. The van der Waals surface area contributed by atoms with Crippen LogP contribution in [0, 0.1) is 0 Å². The van der Waals surface area contributed by atoms with Gasteiger partial charge in [0, 0.05) is 32.5 Å². The molecule has 1 fully saturated rings. The van der Waals surface area contributed by atoms with Crippen LogP contribution in [0.3, 0.4) is 0 Å². The maximum Gasteiger partial charge on any atom is 0.244 e. The molecular weight excluding hydrogens is 410 g/mol. The Morgan fingerprint density at radius 1 is 1.25 bits per heavy atom. The van der Waals surface area contributed by atoms with Crippen LogP contribution in [0.1, 0.15) is 37.3 Å². The highest BCUT2D eigenvalue weighted by molar-refractivity contribution is 5.88. The third kappa shape index (κ3) is 5.30. The second-order valence-corrected chi connectivity index (χ2v) is 7.66. The van der Waals surface area contributed by atoms with Crippen molar-refractivity contribution in [2.75, 3.05) is 32.2 Å². The summed E-state index contributed by atoms with van der Waals surface area (Å²) in [5.74, 6) is 1.44. The number of amides is 1. The Hall–Kier alpha value is -3.30. The predicted molar refractivity (Wildman–Crippen MR) is 118 cm³/mol. The van der Waals surface area contributed by atoms with Crippen molar-refractivity contribution in [3.05, 3.63) is 54.0 Å². The Morgan fingerprint density at radius 3 is 2.88 bits per heavy atom. The summed E-state index contributed by atoms with van der Waals surface area (Å²) >= 11 is 0. The zero-order valence-electron chi connectivity index (χ0n) is 18.3. The van der Waals surface area contributed by atoms with Gasteiger partial charge in [0.15, 0.2) is 0 Å². The van der Waals surface area contributed by atoms with E-state index in [0.717, 1.165) is 37.2 Å². The molecule has 1 aliphatic heterocycles. The second-order valence-electron chi connectivity index (χ2n) is 7.66. The van der Waals surface area contributed by atoms with Crippen LogP contribution < -0.4 is 10.1 Å². The SMILES string of the molecule is COCCOc1ncccc1-c1noc([C@@H]2CCCN2Cc2ccc(NC(C)=O)cc2)n1. The van der Waals surface area contributed by atoms with Gasteiger partial charge in [-0.2, -0.15) is 4.98 Å². The number of pyridine rings is 1. The van der Waals surface area contributed by atoms with Crippen molar-refractivity contribution >= 4 is 11.6 Å². The molecule has 0 unspecified atom stereocenters. The third-order valence-corrected chi connectivity index (χ3v) is 5.29. The molecule has 0 spiro atoms. The van der Waals surface area contributed by atoms with E-state index in [1.807, 2.05) is 36.4 Å². The van der Waals surface area contributed by atoms with Crippen molar-refractivity contribution in [2.45, 2.75) is 32.4 Å². The number of aromatic nitrogens is 3. The van der Waals surface area contributed by atoms with Gasteiger partial charge < -0.3 is 19.3 Å². The van der Waals surface area contributed by atoms with Crippen molar-refractivity contribution < 1.29 is 18.8 Å². The van der Waals surface area contributed by atoms with Gasteiger partial charge in [-0.05, 0) is 49.2 Å². The number of hydrogen-bond acceptors (Lipinski definition) is 8. The second kappa shape index (κ2) is 10.3. The number of nitrogens with one attached hydrogen (secondary N) is 1. The molecule has 3 aromatic rings. The molecule has 1 amide bonds. The van der Waals surface area contributed by atoms with Crippen LogP contribution >= 0.6 is 0 Å². The van der Waals surface area contributed by atoms with Crippen LogP contribution in [0.4, 0.5) is 5.69 Å². The van der Waals surface area contributed by atoms with Crippen LogP contribution in [0.2, 0.25) is 0 Å². The van der Waals surface area contributed by atoms with E-state index < -0.39 is 0 Å². The Kier molecular flexibility index (Phi) is 7.08. The van der Waals surface area contributed by atoms with E-state index in [1.165, 1.54) is 6.92 Å². The highest BCUT2D eigenvalue weighted by atomic mass is 16.5. The third-order valence-electron chi connectivity index (χ3n) is 5.29. The fourth-order valence-electron chi connectivity index (χ4n) is 3.80. The molecule has 4 rings (SSSR count). The highest BCUT2D eigenvalue weighted by Gasteiger charge is 2.31. The number of carbonyl (C=O) groups is 1. The molecular formula is C23H27N5O4. The summed E-state index contributed by atoms with van der Waals surface area (Å²) in [4.78, 5) is 22.5. The molecule has 3 heterocycles. The fraction of sp³-hybridized carbons (Fsp3) is 0.391. The molecule has 1 saturated heterocycles. The number of benzene rings is 1. The molecule has 1 atom stereocenters. The molecule has 9 heteroatoms. The molecule has 32 heavy (non-hydrogen) atoms. The summed E-state index contributed by atoms with van der Waals surface area (Å²) in [6, 6.07) is 11.6. The minimum Gasteiger partial charge on any atom is -0.475 e. The average Bonchev–Trinajstić information content (AvgIpc) is 3.45. The van der Waals surface area contributed by atoms with E-state index in [0.29, 0.717) is 36.4 Å². The maximum absolute atomic E-state index is 11.2. The lowest BCUT2D eigenvalue weighted by atomic mass is 10.1. The normalized spacial score (nSPS) is 16.2. The van der Waals surface area contributed by atoms with Gasteiger partial charge in [0.25, 0.3) is 0 Å². The lowest BCUT2D eigenvalue weighted by Gasteiger charge is -2.21. The van der Waals surface area contributed by atoms with Crippen molar-refractivity contribution in [1.29, 1.82) is 0 Å². The number of anilines is 1. The van der Waals surface area contributed by atoms with Gasteiger partial charge in [0.2, 0.25) is 23.5 Å². The van der Waals surface area contributed by atoms with Crippen LogP contribution in [0.5, 0.6) is 5.88 Å². The van der Waals surface area contributed by atoms with Gasteiger partial charge in [0.1, 0.15) is 6.61 Å². The number of nitrogens with zero attached hydrogens (tertiary/aromatic N) is 4. The first-order valence-electron chi connectivity index (χ1n) is 10.7. The molecule has 1 aliphatic rings. The average molecular weight is 438 g/mol. The van der Waals surface area contributed by atoms with Gasteiger partial charge in [-0.25, -0.2) is 4.98 Å². The molecule has 0 aliphatic carbocycles. The molecule has 2 aromatic heterocycles. The van der Waals surface area contributed by atoms with Crippen LogP contribution in [0.25, 0.3) is 11.4 Å². The van der Waals surface area contributed by atoms with Crippen molar-refractivity contribution in [2.24, 2.45) is 0 Å². The Balaban J connectivity index is 1.46. The smallest absolute Gasteiger partial charge is 0.244 e. The number of hydrogen-bond donors (Lipinski definition) is 1. The van der Waals surface area contributed by atoms with E-state index >= 15 is 0 Å². The van der Waals surface area contributed by atoms with E-state index in [2.05, 4.69) is 25.3 Å². The van der Waals surface area contributed by atoms with Gasteiger partial charge in [0.05, 0.1) is 18.2 Å². The van der Waals surface area contributed by atoms with Gasteiger partial charge in [-0.3, -0.25) is 9.69 Å². The molecule has 9 nitrogen and oxygen atoms in total. The fourth-order valence-corrected chi connectivity index (χ4v) is 3.80. The lowest BCUT2D eigenvalue weighted by Crippen LogP contribution is -2.23. The van der Waals surface area contributed by atoms with Crippen molar-refractivity contribution in [3.63, 3.8) is 0 Å². The molecule has 0 saturated carbocycles. The summed E-state index contributed by atoms with van der Waals surface area (Å²) in [6.07, 6.45) is 3.68. The molecule has 0 bridgehead atoms. The van der Waals surface area contributed by atoms with E-state index in [4.69, 9.17) is 14.0 Å². The van der Waals surface area contributed by atoms with Gasteiger partial charge in [-0.15, -0.1) is 0 Å². The van der Waals surface area contributed by atoms with Crippen LogP contribution in [0.15, 0.2) is 47.1 Å². The number of carbonyl (C=O) groups excluding carboxylic acids is 1. The zero-order chi connectivity index (χ0) is 22.3. The Labute approximate surface area is 186 Å². The number of rotatable bonds is 9. The summed E-state index contributed by atoms with van der Waals surface area (Å²) in [6.45, 7) is 4.08. The predicted octanol–water partition coefficient (Wildman–Crippen LogP) is 3.45. The van der Waals surface area contributed by atoms with E-state index in [9.17, 15) is 4.79 Å². The summed E-state index contributed by atoms with van der Waals surface area (Å²) < 4.78 is 16.4. The van der Waals surface area contributed by atoms with Crippen LogP contribution in [-0.2, 0) is 16.1 Å². The Bertz CT molecular complexity index is 1040. The Morgan fingerprint density at radius 2 is 2.09 bits per heavy atom. The number of likely N-dealkylation sites (tertiary alicyclic amines) is 1. The topological polar surface area (TPSA) is 103 Å². The first-order chi connectivity index (χ1) is 15.6. The molecule has 1 N–H and O–H groups in total. The van der Waals surface area contributed by atoms with Gasteiger partial charge >= 0.3 is 0 Å². The van der Waals surface area contributed by atoms with E-state index in [-0.39, 0.29) is 11.9 Å². The first kappa shape index (κ1) is 21.9. The number of methoxy groups -OCH3 is 1. The number of ether oxygens (including phenoxy) is 2. The van der Waals surface area contributed by atoms with Crippen molar-refractivity contribution in [3.8, 4) is 17.3 Å². The van der Waals surface area contributed by atoms with Crippen molar-refractivity contribution in [1.82, 2.24) is 20.0 Å². The minimum absolute atomic E-state index is 0.0563. The summed E-state index contributed by atoms with van der Waals surface area (Å²) in [5.41, 5.74) is 2.64. The monoisotopic (exact) mass is 437 g/mol. The van der Waals surface area contributed by atoms with Crippen LogP contribution in [-0.4, -0.2) is 52.8 Å².